The third-order valence-corrected chi connectivity index (χ3v) is 3.98. The standard InChI is InChI=1S/C15H19BN2O2/c1-6-7-13-12(8-11(9-17)10-18-13)16-19-14(2,3)15(4,5)20-16/h6,8,10H,1,7H2,2-5H3. The predicted octanol–water partition coefficient (Wildman–Crippen LogP) is 1.98. The van der Waals surface area contributed by atoms with Gasteiger partial charge in [-0.3, -0.25) is 4.98 Å². The van der Waals surface area contributed by atoms with Gasteiger partial charge in [-0.15, -0.1) is 6.58 Å². The number of aromatic nitrogens is 1. The first kappa shape index (κ1) is 14.8. The highest BCUT2D eigenvalue weighted by atomic mass is 16.7. The van der Waals surface area contributed by atoms with Gasteiger partial charge in [0.1, 0.15) is 6.07 Å². The van der Waals surface area contributed by atoms with Crippen LogP contribution >= 0.6 is 0 Å². The van der Waals surface area contributed by atoms with Gasteiger partial charge in [-0.05, 0) is 33.8 Å². The second-order valence-corrected chi connectivity index (χ2v) is 5.95. The van der Waals surface area contributed by atoms with E-state index in [0.717, 1.165) is 11.2 Å². The molecule has 2 heterocycles. The minimum atomic E-state index is -0.504. The van der Waals surface area contributed by atoms with Crippen LogP contribution in [0.5, 0.6) is 0 Å². The average Bonchev–Trinajstić information content (AvgIpc) is 2.59. The fraction of sp³-hybridized carbons (Fsp3) is 0.467. The number of hydrogen-bond acceptors (Lipinski definition) is 4. The second kappa shape index (κ2) is 5.04. The van der Waals surface area contributed by atoms with Crippen molar-refractivity contribution >= 4 is 12.6 Å². The molecule has 4 nitrogen and oxygen atoms in total. The Kier molecular flexibility index (Phi) is 3.72. The van der Waals surface area contributed by atoms with Crippen LogP contribution in [0, 0.1) is 11.3 Å². The van der Waals surface area contributed by atoms with Crippen LogP contribution in [0.1, 0.15) is 39.0 Å². The van der Waals surface area contributed by atoms with Gasteiger partial charge in [-0.25, -0.2) is 0 Å². The smallest absolute Gasteiger partial charge is 0.399 e. The number of allylic oxidation sites excluding steroid dienone is 1. The highest BCUT2D eigenvalue weighted by Crippen LogP contribution is 2.36. The topological polar surface area (TPSA) is 55.1 Å². The molecule has 0 amide bonds. The van der Waals surface area contributed by atoms with Gasteiger partial charge in [0.05, 0.1) is 16.8 Å². The van der Waals surface area contributed by atoms with E-state index in [1.807, 2.05) is 27.7 Å². The molecule has 1 fully saturated rings. The fourth-order valence-corrected chi connectivity index (χ4v) is 2.05. The maximum Gasteiger partial charge on any atom is 0.496 e. The molecule has 104 valence electrons. The van der Waals surface area contributed by atoms with Crippen LogP contribution in [0.2, 0.25) is 0 Å². The van der Waals surface area contributed by atoms with Gasteiger partial charge in [-0.2, -0.15) is 5.26 Å². The van der Waals surface area contributed by atoms with Crippen molar-refractivity contribution in [2.75, 3.05) is 0 Å². The van der Waals surface area contributed by atoms with Crippen molar-refractivity contribution in [3.63, 3.8) is 0 Å². The highest BCUT2D eigenvalue weighted by Gasteiger charge is 2.52. The molecule has 0 aromatic carbocycles. The first-order valence-corrected chi connectivity index (χ1v) is 6.66. The Balaban J connectivity index is 2.42. The van der Waals surface area contributed by atoms with E-state index in [4.69, 9.17) is 14.6 Å². The van der Waals surface area contributed by atoms with Crippen LogP contribution < -0.4 is 5.46 Å². The molecule has 0 unspecified atom stereocenters. The first-order chi connectivity index (χ1) is 9.30. The Morgan fingerprint density at radius 3 is 2.45 bits per heavy atom. The lowest BCUT2D eigenvalue weighted by molar-refractivity contribution is 0.00578. The van der Waals surface area contributed by atoms with E-state index in [-0.39, 0.29) is 0 Å². The molecule has 20 heavy (non-hydrogen) atoms. The molecular weight excluding hydrogens is 251 g/mol. The molecular formula is C15H19BN2O2. The SMILES string of the molecule is C=CCc1ncc(C#N)cc1B1OC(C)(C)C(C)(C)O1. The molecule has 0 radical (unpaired) electrons. The molecule has 0 aliphatic carbocycles. The Morgan fingerprint density at radius 2 is 1.95 bits per heavy atom. The largest absolute Gasteiger partial charge is 0.496 e. The summed E-state index contributed by atoms with van der Waals surface area (Å²) < 4.78 is 12.1. The summed E-state index contributed by atoms with van der Waals surface area (Å²) >= 11 is 0. The van der Waals surface area contributed by atoms with Gasteiger partial charge in [0.25, 0.3) is 0 Å². The van der Waals surface area contributed by atoms with Gasteiger partial charge >= 0.3 is 7.12 Å². The number of hydrogen-bond donors (Lipinski definition) is 0. The maximum atomic E-state index is 9.04. The van der Waals surface area contributed by atoms with Crippen LogP contribution in [0.3, 0.4) is 0 Å². The summed E-state index contributed by atoms with van der Waals surface area (Å²) in [5, 5.41) is 9.04. The van der Waals surface area contributed by atoms with Crippen molar-refractivity contribution in [1.29, 1.82) is 5.26 Å². The Hall–Kier alpha value is -1.64. The monoisotopic (exact) mass is 270 g/mol. The van der Waals surface area contributed by atoms with Crippen LogP contribution in [0.25, 0.3) is 0 Å². The quantitative estimate of drug-likeness (QED) is 0.622. The average molecular weight is 270 g/mol. The van der Waals surface area contributed by atoms with Gasteiger partial charge < -0.3 is 9.31 Å². The van der Waals surface area contributed by atoms with E-state index in [2.05, 4.69) is 17.6 Å². The summed E-state index contributed by atoms with van der Waals surface area (Å²) in [7, 11) is -0.504. The highest BCUT2D eigenvalue weighted by molar-refractivity contribution is 6.62. The van der Waals surface area contributed by atoms with Crippen LogP contribution in [0.4, 0.5) is 0 Å². The van der Waals surface area contributed by atoms with E-state index in [0.29, 0.717) is 12.0 Å². The summed E-state index contributed by atoms with van der Waals surface area (Å²) in [6.45, 7) is 11.7. The third kappa shape index (κ3) is 2.49. The molecule has 0 spiro atoms. The summed E-state index contributed by atoms with van der Waals surface area (Å²) in [6, 6.07) is 3.89. The summed E-state index contributed by atoms with van der Waals surface area (Å²) in [4.78, 5) is 4.33. The lowest BCUT2D eigenvalue weighted by atomic mass is 9.76. The van der Waals surface area contributed by atoms with Gasteiger partial charge in [0.15, 0.2) is 0 Å². The summed E-state index contributed by atoms with van der Waals surface area (Å²) in [5.74, 6) is 0. The number of nitrogens with zero attached hydrogens (tertiary/aromatic N) is 2. The molecule has 1 saturated heterocycles. The second-order valence-electron chi connectivity index (χ2n) is 5.95. The van der Waals surface area contributed by atoms with Crippen LogP contribution in [0.15, 0.2) is 24.9 Å². The molecule has 1 aliphatic heterocycles. The number of pyridine rings is 1. The van der Waals surface area contributed by atoms with E-state index < -0.39 is 18.3 Å². The lowest BCUT2D eigenvalue weighted by Gasteiger charge is -2.32. The minimum absolute atomic E-state index is 0.411. The van der Waals surface area contributed by atoms with E-state index in [1.54, 1.807) is 18.3 Å². The Labute approximate surface area is 120 Å². The molecule has 5 heteroatoms. The van der Waals surface area contributed by atoms with E-state index in [1.165, 1.54) is 0 Å². The van der Waals surface area contributed by atoms with Crippen molar-refractivity contribution in [2.24, 2.45) is 0 Å². The maximum absolute atomic E-state index is 9.04. The zero-order valence-electron chi connectivity index (χ0n) is 12.4. The first-order valence-electron chi connectivity index (χ1n) is 6.66. The molecule has 0 atom stereocenters. The van der Waals surface area contributed by atoms with Crippen molar-refractivity contribution in [1.82, 2.24) is 4.98 Å². The lowest BCUT2D eigenvalue weighted by Crippen LogP contribution is -2.41. The van der Waals surface area contributed by atoms with Crippen molar-refractivity contribution in [3.05, 3.63) is 36.2 Å². The molecule has 2 rings (SSSR count). The minimum Gasteiger partial charge on any atom is -0.399 e. The predicted molar refractivity (Wildman–Crippen MR) is 78.6 cm³/mol. The molecule has 0 saturated carbocycles. The molecule has 0 N–H and O–H groups in total. The van der Waals surface area contributed by atoms with Gasteiger partial charge in [-0.1, -0.05) is 6.08 Å². The zero-order valence-corrected chi connectivity index (χ0v) is 12.4. The molecule has 0 bridgehead atoms. The van der Waals surface area contributed by atoms with Gasteiger partial charge in [0.2, 0.25) is 0 Å². The number of rotatable bonds is 3. The summed E-state index contributed by atoms with van der Waals surface area (Å²) in [6.07, 6.45) is 3.96. The van der Waals surface area contributed by atoms with Crippen molar-refractivity contribution in [2.45, 2.75) is 45.3 Å². The van der Waals surface area contributed by atoms with Gasteiger partial charge in [0, 0.05) is 23.8 Å². The zero-order chi connectivity index (χ0) is 15.0. The van der Waals surface area contributed by atoms with Crippen LogP contribution in [-0.4, -0.2) is 23.3 Å². The number of nitriles is 1. The molecule has 1 aromatic rings. The van der Waals surface area contributed by atoms with Crippen molar-refractivity contribution in [3.8, 4) is 6.07 Å². The van der Waals surface area contributed by atoms with E-state index in [9.17, 15) is 0 Å². The third-order valence-electron chi connectivity index (χ3n) is 3.98. The molecule has 1 aliphatic rings. The van der Waals surface area contributed by atoms with Crippen LogP contribution in [-0.2, 0) is 15.7 Å². The Bertz CT molecular complexity index is 560. The summed E-state index contributed by atoms with van der Waals surface area (Å²) in [5.41, 5.74) is 1.32. The molecule has 1 aromatic heterocycles. The fourth-order valence-electron chi connectivity index (χ4n) is 2.05. The van der Waals surface area contributed by atoms with Crippen molar-refractivity contribution < 1.29 is 9.31 Å². The van der Waals surface area contributed by atoms with E-state index >= 15 is 0 Å². The normalized spacial score (nSPS) is 19.6. The Morgan fingerprint density at radius 1 is 1.35 bits per heavy atom.